The van der Waals surface area contributed by atoms with Gasteiger partial charge in [0.05, 0.1) is 11.4 Å². The highest BCUT2D eigenvalue weighted by Crippen LogP contribution is 2.20. The zero-order chi connectivity index (χ0) is 24.4. The van der Waals surface area contributed by atoms with Crippen molar-refractivity contribution < 1.29 is 4.79 Å². The predicted molar refractivity (Wildman–Crippen MR) is 137 cm³/mol. The Kier molecular flexibility index (Phi) is 6.35. The summed E-state index contributed by atoms with van der Waals surface area (Å²) in [5.41, 5.74) is 4.48. The lowest BCUT2D eigenvalue weighted by atomic mass is 10.2. The number of nitrogens with zero attached hydrogens (tertiary/aromatic N) is 6. The molecule has 3 heterocycles. The summed E-state index contributed by atoms with van der Waals surface area (Å²) in [5.74, 6) is 0.0683. The second-order valence-electron chi connectivity index (χ2n) is 8.82. The van der Waals surface area contributed by atoms with E-state index in [1.807, 2.05) is 67.3 Å². The van der Waals surface area contributed by atoms with Crippen LogP contribution in [0.25, 0.3) is 16.9 Å². The highest BCUT2D eigenvalue weighted by molar-refractivity contribution is 5.78. The fraction of sp³-hybridized carbons (Fsp3) is 0.333. The summed E-state index contributed by atoms with van der Waals surface area (Å²) in [6, 6.07) is 20.0. The number of amides is 1. The van der Waals surface area contributed by atoms with Crippen molar-refractivity contribution in [2.75, 3.05) is 31.1 Å². The molecule has 4 aromatic rings. The summed E-state index contributed by atoms with van der Waals surface area (Å²) < 4.78 is 3.50. The number of aromatic nitrogens is 4. The second kappa shape index (κ2) is 9.74. The normalized spacial score (nSPS) is 14.0. The molecule has 0 saturated carbocycles. The predicted octanol–water partition coefficient (Wildman–Crippen LogP) is 3.19. The van der Waals surface area contributed by atoms with Crippen LogP contribution in [0.4, 0.5) is 5.69 Å². The molecule has 2 aromatic carbocycles. The van der Waals surface area contributed by atoms with Crippen LogP contribution >= 0.6 is 0 Å². The maximum atomic E-state index is 13.3. The highest BCUT2D eigenvalue weighted by Gasteiger charge is 2.23. The van der Waals surface area contributed by atoms with Gasteiger partial charge in [0.2, 0.25) is 5.91 Å². The van der Waals surface area contributed by atoms with Gasteiger partial charge in [-0.15, -0.1) is 0 Å². The molecular weight excluding hydrogens is 440 g/mol. The molecule has 0 bridgehead atoms. The molecule has 1 fully saturated rings. The molecule has 8 heteroatoms. The monoisotopic (exact) mass is 470 g/mol. The molecule has 0 radical (unpaired) electrons. The van der Waals surface area contributed by atoms with Crippen LogP contribution in [0.3, 0.4) is 0 Å². The number of fused-ring (bicyclic) bond motifs is 1. The lowest BCUT2D eigenvalue weighted by molar-refractivity contribution is -0.131. The first-order chi connectivity index (χ1) is 17.1. The van der Waals surface area contributed by atoms with Crippen LogP contribution in [-0.4, -0.2) is 56.3 Å². The van der Waals surface area contributed by atoms with Gasteiger partial charge in [-0.25, -0.2) is 9.67 Å². The summed E-state index contributed by atoms with van der Waals surface area (Å²) in [5, 5.41) is 4.67. The smallest absolute Gasteiger partial charge is 0.273 e. The second-order valence-corrected chi connectivity index (χ2v) is 8.82. The van der Waals surface area contributed by atoms with Gasteiger partial charge in [0, 0.05) is 51.3 Å². The number of para-hydroxylation sites is 2. The zero-order valence-electron chi connectivity index (χ0n) is 20.2. The number of carbonyl (C=O) groups is 1. The topological polar surface area (TPSA) is 76.3 Å². The van der Waals surface area contributed by atoms with Crippen molar-refractivity contribution in [3.63, 3.8) is 0 Å². The maximum Gasteiger partial charge on any atom is 0.273 e. The Balaban J connectivity index is 1.33. The molecule has 0 spiro atoms. The fourth-order valence-electron chi connectivity index (χ4n) is 4.76. The standard InChI is InChI=1S/C27H30N6O2/c1-3-32-26-25(20(2)29-33(26)22-12-8-5-9-13-22)28-23(27(32)35)14-15-24(34)31-18-16-30(17-19-31)21-10-6-4-7-11-21/h4-13H,3,14-19H2,1-2H3. The summed E-state index contributed by atoms with van der Waals surface area (Å²) in [6.07, 6.45) is 0.594. The van der Waals surface area contributed by atoms with Gasteiger partial charge < -0.3 is 9.80 Å². The molecule has 2 aromatic heterocycles. The Bertz CT molecular complexity index is 1390. The number of carbonyl (C=O) groups excluding carboxylic acids is 1. The van der Waals surface area contributed by atoms with Crippen LogP contribution in [0.5, 0.6) is 0 Å². The SMILES string of the molecule is CCn1c(=O)c(CCC(=O)N2CCN(c3ccccc3)CC2)nc2c(C)nn(-c3ccccc3)c21. The van der Waals surface area contributed by atoms with Crippen molar-refractivity contribution in [1.29, 1.82) is 0 Å². The van der Waals surface area contributed by atoms with Gasteiger partial charge in [-0.2, -0.15) is 5.10 Å². The Morgan fingerprint density at radius 3 is 2.17 bits per heavy atom. The van der Waals surface area contributed by atoms with E-state index in [0.717, 1.165) is 24.5 Å². The Hall–Kier alpha value is -3.94. The third-order valence-electron chi connectivity index (χ3n) is 6.65. The summed E-state index contributed by atoms with van der Waals surface area (Å²) in [6.45, 7) is 7.32. The molecule has 180 valence electrons. The van der Waals surface area contributed by atoms with Crippen LogP contribution in [0, 0.1) is 6.92 Å². The number of anilines is 1. The van der Waals surface area contributed by atoms with E-state index in [2.05, 4.69) is 22.1 Å². The number of piperazine rings is 1. The average Bonchev–Trinajstić information content (AvgIpc) is 3.24. The number of benzene rings is 2. The van der Waals surface area contributed by atoms with Crippen LogP contribution < -0.4 is 10.5 Å². The van der Waals surface area contributed by atoms with Gasteiger partial charge in [-0.1, -0.05) is 36.4 Å². The van der Waals surface area contributed by atoms with E-state index >= 15 is 0 Å². The first-order valence-corrected chi connectivity index (χ1v) is 12.2. The van der Waals surface area contributed by atoms with Crippen molar-refractivity contribution in [1.82, 2.24) is 24.2 Å². The minimum Gasteiger partial charge on any atom is -0.368 e. The molecule has 1 aliphatic heterocycles. The van der Waals surface area contributed by atoms with Crippen molar-refractivity contribution in [2.45, 2.75) is 33.2 Å². The number of hydrogen-bond donors (Lipinski definition) is 0. The van der Waals surface area contributed by atoms with Crippen LogP contribution in [0.15, 0.2) is 65.5 Å². The average molecular weight is 471 g/mol. The van der Waals surface area contributed by atoms with E-state index in [1.165, 1.54) is 5.69 Å². The Labute approximate surface area is 204 Å². The molecule has 1 amide bonds. The molecule has 35 heavy (non-hydrogen) atoms. The Morgan fingerprint density at radius 2 is 1.54 bits per heavy atom. The molecule has 5 rings (SSSR count). The molecule has 0 atom stereocenters. The van der Waals surface area contributed by atoms with Crippen LogP contribution in [0.1, 0.15) is 24.7 Å². The van der Waals surface area contributed by atoms with E-state index in [-0.39, 0.29) is 17.9 Å². The zero-order valence-corrected chi connectivity index (χ0v) is 20.2. The number of aryl methyl sites for hydroxylation is 3. The van der Waals surface area contributed by atoms with Gasteiger partial charge in [-0.05, 0) is 38.1 Å². The summed E-state index contributed by atoms with van der Waals surface area (Å²) >= 11 is 0. The molecule has 1 aliphatic rings. The van der Waals surface area contributed by atoms with Crippen molar-refractivity contribution in [3.05, 3.63) is 82.4 Å². The van der Waals surface area contributed by atoms with Gasteiger partial charge in [-0.3, -0.25) is 14.2 Å². The quantitative estimate of drug-likeness (QED) is 0.433. The van der Waals surface area contributed by atoms with Crippen molar-refractivity contribution >= 4 is 22.8 Å². The summed E-state index contributed by atoms with van der Waals surface area (Å²) in [4.78, 5) is 35.2. The minimum atomic E-state index is -0.154. The third kappa shape index (κ3) is 4.43. The van der Waals surface area contributed by atoms with Crippen LogP contribution in [-0.2, 0) is 17.8 Å². The third-order valence-corrected chi connectivity index (χ3v) is 6.65. The number of hydrogen-bond acceptors (Lipinski definition) is 5. The van der Waals surface area contributed by atoms with Crippen LogP contribution in [0.2, 0.25) is 0 Å². The molecule has 8 nitrogen and oxygen atoms in total. The van der Waals surface area contributed by atoms with Crippen molar-refractivity contribution in [3.8, 4) is 5.69 Å². The maximum absolute atomic E-state index is 13.3. The molecule has 1 saturated heterocycles. The van der Waals surface area contributed by atoms with Gasteiger partial charge in [0.25, 0.3) is 5.56 Å². The van der Waals surface area contributed by atoms with E-state index in [9.17, 15) is 9.59 Å². The number of rotatable bonds is 6. The van der Waals surface area contributed by atoms with E-state index in [4.69, 9.17) is 4.98 Å². The first-order valence-electron chi connectivity index (χ1n) is 12.2. The first kappa shape index (κ1) is 22.8. The van der Waals surface area contributed by atoms with Crippen molar-refractivity contribution in [2.24, 2.45) is 0 Å². The molecule has 0 unspecified atom stereocenters. The summed E-state index contributed by atoms with van der Waals surface area (Å²) in [7, 11) is 0. The van der Waals surface area contributed by atoms with Gasteiger partial charge in [0.1, 0.15) is 11.2 Å². The van der Waals surface area contributed by atoms with Gasteiger partial charge in [0.15, 0.2) is 5.65 Å². The fourth-order valence-corrected chi connectivity index (χ4v) is 4.76. The lowest BCUT2D eigenvalue weighted by Gasteiger charge is -2.36. The highest BCUT2D eigenvalue weighted by atomic mass is 16.2. The molecule has 0 aliphatic carbocycles. The van der Waals surface area contributed by atoms with E-state index in [0.29, 0.717) is 42.9 Å². The van der Waals surface area contributed by atoms with Gasteiger partial charge >= 0.3 is 0 Å². The molecule has 0 N–H and O–H groups in total. The molecular formula is C27H30N6O2. The Morgan fingerprint density at radius 1 is 0.914 bits per heavy atom. The van der Waals surface area contributed by atoms with E-state index < -0.39 is 0 Å². The van der Waals surface area contributed by atoms with E-state index in [1.54, 1.807) is 9.25 Å². The largest absolute Gasteiger partial charge is 0.368 e. The minimum absolute atomic E-state index is 0.0683. The lowest BCUT2D eigenvalue weighted by Crippen LogP contribution is -2.48.